The normalized spacial score (nSPS) is 25.8. The summed E-state index contributed by atoms with van der Waals surface area (Å²) >= 11 is 0. The maximum Gasteiger partial charge on any atom is 0.274 e. The number of guanidine groups is 1. The summed E-state index contributed by atoms with van der Waals surface area (Å²) in [6.45, 7) is 2.08. The lowest BCUT2D eigenvalue weighted by atomic mass is 9.91. The Kier molecular flexibility index (Phi) is 4.17. The van der Waals surface area contributed by atoms with E-state index in [1.54, 1.807) is 13.0 Å². The summed E-state index contributed by atoms with van der Waals surface area (Å²) in [5.41, 5.74) is 2.18. The molecule has 1 aromatic heterocycles. The van der Waals surface area contributed by atoms with E-state index >= 15 is 0 Å². The number of carbonyl (C=O) groups is 1. The number of pyridine rings is 1. The first-order valence-electron chi connectivity index (χ1n) is 10.1. The van der Waals surface area contributed by atoms with Crippen molar-refractivity contribution in [3.05, 3.63) is 58.7 Å². The van der Waals surface area contributed by atoms with Gasteiger partial charge < -0.3 is 10.2 Å². The summed E-state index contributed by atoms with van der Waals surface area (Å²) in [7, 11) is -2.22. The molecule has 31 heavy (non-hydrogen) atoms. The predicted octanol–water partition coefficient (Wildman–Crippen LogP) is 2.21. The Morgan fingerprint density at radius 2 is 2.13 bits per heavy atom. The first-order valence-corrected chi connectivity index (χ1v) is 11.6. The molecule has 3 heterocycles. The average Bonchev–Trinajstić information content (AvgIpc) is 3.48. The number of sulfonamides is 1. The Morgan fingerprint density at radius 1 is 1.35 bits per heavy atom. The molecule has 1 amide bonds. The van der Waals surface area contributed by atoms with E-state index in [1.165, 1.54) is 13.1 Å². The van der Waals surface area contributed by atoms with E-state index in [0.717, 1.165) is 34.5 Å². The molecule has 5 rings (SSSR count). The van der Waals surface area contributed by atoms with Gasteiger partial charge >= 0.3 is 0 Å². The first kappa shape index (κ1) is 19.9. The molecule has 2 saturated heterocycles. The molecular formula is C21H22FN5O3S. The third-order valence-electron chi connectivity index (χ3n) is 6.61. The highest BCUT2D eigenvalue weighted by molar-refractivity contribution is 7.90. The lowest BCUT2D eigenvalue weighted by molar-refractivity contribution is 0.102. The van der Waals surface area contributed by atoms with Gasteiger partial charge in [-0.1, -0.05) is 6.07 Å². The van der Waals surface area contributed by atoms with Crippen LogP contribution in [0.4, 0.5) is 10.1 Å². The molecule has 1 spiro atoms. The molecule has 0 unspecified atom stereocenters. The summed E-state index contributed by atoms with van der Waals surface area (Å²) in [6, 6.07) is 6.77. The number of carbonyl (C=O) groups excluding carboxylic acids is 1. The molecule has 0 bridgehead atoms. The van der Waals surface area contributed by atoms with Gasteiger partial charge in [-0.15, -0.1) is 0 Å². The fraction of sp³-hybridized carbons (Fsp3) is 0.381. The summed E-state index contributed by atoms with van der Waals surface area (Å²) in [6.07, 6.45) is 2.99. The second-order valence-corrected chi connectivity index (χ2v) is 10.5. The monoisotopic (exact) mass is 443 g/mol. The minimum Gasteiger partial charge on any atom is -0.326 e. The van der Waals surface area contributed by atoms with E-state index < -0.39 is 32.5 Å². The number of halogens is 1. The smallest absolute Gasteiger partial charge is 0.274 e. The quantitative estimate of drug-likeness (QED) is 0.693. The zero-order valence-corrected chi connectivity index (χ0v) is 18.0. The van der Waals surface area contributed by atoms with E-state index in [9.17, 15) is 17.6 Å². The number of nitrogens with zero attached hydrogens (tertiary/aromatic N) is 3. The van der Waals surface area contributed by atoms with Crippen molar-refractivity contribution in [3.8, 4) is 0 Å². The predicted molar refractivity (Wildman–Crippen MR) is 113 cm³/mol. The number of fused-ring (bicyclic) bond motifs is 1. The molecular weight excluding hydrogens is 421 g/mol. The standard InChI is InChI=1S/C21H22FN5O3S/c1-12-8-14(22)10-24-18(12)19(28)25-15-7-6-13-4-3-5-17-21(16(13)9-15)11-27(21)20(23)26(2)31(17,29)30/h6-10,17,23H,3-5,11H2,1-2H3,(H,25,28)/t17-,21+,27?/m0/s1. The summed E-state index contributed by atoms with van der Waals surface area (Å²) in [5, 5.41) is 10.5. The van der Waals surface area contributed by atoms with Crippen molar-refractivity contribution in [3.63, 3.8) is 0 Å². The Labute approximate surface area is 179 Å². The molecule has 2 fully saturated rings. The Balaban J connectivity index is 1.54. The second-order valence-electron chi connectivity index (χ2n) is 8.37. The average molecular weight is 444 g/mol. The van der Waals surface area contributed by atoms with Crippen molar-refractivity contribution in [2.75, 3.05) is 18.9 Å². The first-order chi connectivity index (χ1) is 14.7. The highest BCUT2D eigenvalue weighted by atomic mass is 32.2. The highest BCUT2D eigenvalue weighted by Crippen LogP contribution is 2.56. The van der Waals surface area contributed by atoms with Crippen LogP contribution in [0.1, 0.15) is 40.0 Å². The molecule has 1 aromatic carbocycles. The molecule has 3 aliphatic rings. The van der Waals surface area contributed by atoms with Gasteiger partial charge in [0, 0.05) is 12.7 Å². The Morgan fingerprint density at radius 3 is 2.87 bits per heavy atom. The van der Waals surface area contributed by atoms with Gasteiger partial charge in [0.25, 0.3) is 5.91 Å². The summed E-state index contributed by atoms with van der Waals surface area (Å²) in [4.78, 5) is 18.4. The minimum absolute atomic E-state index is 0.0234. The van der Waals surface area contributed by atoms with Crippen LogP contribution in [0.15, 0.2) is 30.5 Å². The van der Waals surface area contributed by atoms with Crippen molar-refractivity contribution in [1.82, 2.24) is 14.2 Å². The Bertz CT molecular complexity index is 1250. The third-order valence-corrected chi connectivity index (χ3v) is 8.89. The lowest BCUT2D eigenvalue weighted by Gasteiger charge is -2.37. The van der Waals surface area contributed by atoms with Gasteiger partial charge in [0.2, 0.25) is 16.0 Å². The molecule has 0 saturated carbocycles. The van der Waals surface area contributed by atoms with Gasteiger partial charge in [0.05, 0.1) is 12.7 Å². The zero-order valence-electron chi connectivity index (χ0n) is 17.1. The van der Waals surface area contributed by atoms with E-state index in [-0.39, 0.29) is 11.7 Å². The number of nitrogens with one attached hydrogen (secondary N) is 2. The number of benzene rings is 1. The van der Waals surface area contributed by atoms with E-state index in [2.05, 4.69) is 10.3 Å². The van der Waals surface area contributed by atoms with Crippen LogP contribution in [0.25, 0.3) is 0 Å². The van der Waals surface area contributed by atoms with Crippen LogP contribution in [0, 0.1) is 18.2 Å². The van der Waals surface area contributed by atoms with Crippen LogP contribution in [0.2, 0.25) is 0 Å². The van der Waals surface area contributed by atoms with Gasteiger partial charge in [-0.05, 0) is 61.1 Å². The molecule has 10 heteroatoms. The zero-order chi connectivity index (χ0) is 22.1. The maximum absolute atomic E-state index is 13.3. The van der Waals surface area contributed by atoms with Gasteiger partial charge in [-0.2, -0.15) is 0 Å². The van der Waals surface area contributed by atoms with Crippen molar-refractivity contribution in [2.24, 2.45) is 0 Å². The van der Waals surface area contributed by atoms with Crippen LogP contribution in [-0.4, -0.2) is 53.3 Å². The maximum atomic E-state index is 13.3. The number of rotatable bonds is 2. The van der Waals surface area contributed by atoms with E-state index in [1.807, 2.05) is 17.0 Å². The van der Waals surface area contributed by atoms with E-state index in [4.69, 9.17) is 5.41 Å². The number of hydrogen-bond acceptors (Lipinski definition) is 5. The van der Waals surface area contributed by atoms with Crippen LogP contribution in [-0.2, 0) is 22.0 Å². The fourth-order valence-electron chi connectivity index (χ4n) is 4.99. The molecule has 2 N–H and O–H groups in total. The summed E-state index contributed by atoms with van der Waals surface area (Å²) in [5.74, 6) is -0.995. The van der Waals surface area contributed by atoms with Crippen molar-refractivity contribution in [1.29, 1.82) is 5.41 Å². The largest absolute Gasteiger partial charge is 0.326 e. The Hall–Kier alpha value is -3.01. The van der Waals surface area contributed by atoms with Gasteiger partial charge in [-0.25, -0.2) is 22.1 Å². The fourth-order valence-corrected chi connectivity index (χ4v) is 6.99. The van der Waals surface area contributed by atoms with Crippen molar-refractivity contribution < 1.29 is 17.6 Å². The molecule has 0 radical (unpaired) electrons. The molecule has 2 aromatic rings. The van der Waals surface area contributed by atoms with Crippen molar-refractivity contribution in [2.45, 2.75) is 37.0 Å². The SMILES string of the molecule is Cc1cc(F)cnc1C(=O)Nc1ccc2c(c1)[C@@]13CN1C(=N)N(C)S(=O)(=O)[C@H]3CCC2. The highest BCUT2D eigenvalue weighted by Gasteiger charge is 2.69. The summed E-state index contributed by atoms with van der Waals surface area (Å²) < 4.78 is 40.6. The van der Waals surface area contributed by atoms with Crippen LogP contribution < -0.4 is 5.32 Å². The minimum atomic E-state index is -3.65. The van der Waals surface area contributed by atoms with Crippen LogP contribution >= 0.6 is 0 Å². The number of aromatic nitrogens is 1. The molecule has 2 atom stereocenters. The second kappa shape index (κ2) is 6.49. The van der Waals surface area contributed by atoms with Crippen LogP contribution in [0.5, 0.6) is 0 Å². The van der Waals surface area contributed by atoms with Crippen LogP contribution in [0.3, 0.4) is 0 Å². The number of hydrogen-bond donors (Lipinski definition) is 2. The van der Waals surface area contributed by atoms with Gasteiger partial charge in [0.15, 0.2) is 0 Å². The molecule has 1 aliphatic carbocycles. The van der Waals surface area contributed by atoms with Gasteiger partial charge in [-0.3, -0.25) is 10.2 Å². The number of anilines is 1. The topological polar surface area (TPSA) is 106 Å². The van der Waals surface area contributed by atoms with E-state index in [0.29, 0.717) is 24.2 Å². The molecule has 2 aliphatic heterocycles. The van der Waals surface area contributed by atoms with Gasteiger partial charge in [0.1, 0.15) is 22.3 Å². The molecule has 8 nitrogen and oxygen atoms in total. The molecule has 162 valence electrons. The van der Waals surface area contributed by atoms with Crippen molar-refractivity contribution >= 4 is 27.6 Å². The number of aryl methyl sites for hydroxylation is 2. The lowest BCUT2D eigenvalue weighted by Crippen LogP contribution is -2.54. The third kappa shape index (κ3) is 2.77. The number of amides is 1.